The minimum atomic E-state index is -0.191. The molecule has 124 valence electrons. The van der Waals surface area contributed by atoms with E-state index < -0.39 is 0 Å². The number of hydrogen-bond acceptors (Lipinski definition) is 3. The molecule has 1 amide bonds. The van der Waals surface area contributed by atoms with Gasteiger partial charge < -0.3 is 4.74 Å². The summed E-state index contributed by atoms with van der Waals surface area (Å²) in [6.07, 6.45) is 5.24. The topological polar surface area (TPSA) is 54.6 Å². The number of carbonyl (C=O) groups is 1. The zero-order chi connectivity index (χ0) is 17.3. The van der Waals surface area contributed by atoms with Gasteiger partial charge >= 0.3 is 5.91 Å². The van der Waals surface area contributed by atoms with Crippen molar-refractivity contribution in [3.05, 3.63) is 90.8 Å². The largest absolute Gasteiger partial charge is 0.457 e. The first-order chi connectivity index (χ1) is 12.3. The first-order valence-electron chi connectivity index (χ1n) is 7.88. The van der Waals surface area contributed by atoms with E-state index in [0.29, 0.717) is 5.75 Å². The average Bonchev–Trinajstić information content (AvgIpc) is 2.64. The fourth-order valence-corrected chi connectivity index (χ4v) is 2.20. The standard InChI is InChI=1S/C20H17N3O2/c24-20(16-23-12-5-2-6-13-23)22-21-15-17-8-7-11-19(14-17)25-18-9-3-1-4-10-18/h1-15H,16H2/p+1/b21-15+. The molecular formula is C20H18N3O2+. The van der Waals surface area contributed by atoms with Crippen molar-refractivity contribution in [2.24, 2.45) is 5.10 Å². The molecule has 1 aromatic heterocycles. The Kier molecular flexibility index (Phi) is 5.51. The van der Waals surface area contributed by atoms with Crippen molar-refractivity contribution in [2.45, 2.75) is 6.54 Å². The highest BCUT2D eigenvalue weighted by molar-refractivity contribution is 5.82. The highest BCUT2D eigenvalue weighted by Crippen LogP contribution is 2.21. The van der Waals surface area contributed by atoms with Crippen LogP contribution in [0.4, 0.5) is 0 Å². The summed E-state index contributed by atoms with van der Waals surface area (Å²) in [5, 5.41) is 3.99. The Morgan fingerprint density at radius 1 is 0.960 bits per heavy atom. The van der Waals surface area contributed by atoms with Crippen molar-refractivity contribution in [1.29, 1.82) is 0 Å². The molecule has 0 saturated carbocycles. The maximum atomic E-state index is 11.8. The van der Waals surface area contributed by atoms with Gasteiger partial charge in [-0.15, -0.1) is 0 Å². The van der Waals surface area contributed by atoms with E-state index in [1.807, 2.05) is 85.2 Å². The number of hydrazone groups is 1. The lowest BCUT2D eigenvalue weighted by Crippen LogP contribution is -2.40. The van der Waals surface area contributed by atoms with Crippen LogP contribution in [0.3, 0.4) is 0 Å². The highest BCUT2D eigenvalue weighted by Gasteiger charge is 2.06. The highest BCUT2D eigenvalue weighted by atomic mass is 16.5. The van der Waals surface area contributed by atoms with Crippen LogP contribution in [0, 0.1) is 0 Å². The summed E-state index contributed by atoms with van der Waals surface area (Å²) in [4.78, 5) is 11.8. The maximum absolute atomic E-state index is 11.8. The molecular weight excluding hydrogens is 314 g/mol. The van der Waals surface area contributed by atoms with E-state index in [2.05, 4.69) is 10.5 Å². The van der Waals surface area contributed by atoms with Crippen LogP contribution in [0.15, 0.2) is 90.3 Å². The van der Waals surface area contributed by atoms with Gasteiger partial charge in [-0.2, -0.15) is 9.67 Å². The third-order valence-electron chi connectivity index (χ3n) is 3.34. The van der Waals surface area contributed by atoms with Crippen molar-refractivity contribution in [2.75, 3.05) is 0 Å². The predicted octanol–water partition coefficient (Wildman–Crippen LogP) is 2.92. The number of para-hydroxylation sites is 1. The fraction of sp³-hybridized carbons (Fsp3) is 0.0500. The van der Waals surface area contributed by atoms with E-state index in [-0.39, 0.29) is 12.5 Å². The monoisotopic (exact) mass is 332 g/mol. The molecule has 0 aliphatic rings. The van der Waals surface area contributed by atoms with E-state index in [9.17, 15) is 4.79 Å². The van der Waals surface area contributed by atoms with Crippen LogP contribution in [0.2, 0.25) is 0 Å². The molecule has 0 unspecified atom stereocenters. The molecule has 0 radical (unpaired) electrons. The van der Waals surface area contributed by atoms with Crippen molar-refractivity contribution in [3.63, 3.8) is 0 Å². The number of pyridine rings is 1. The molecule has 3 aromatic rings. The van der Waals surface area contributed by atoms with Crippen LogP contribution in [0.25, 0.3) is 0 Å². The quantitative estimate of drug-likeness (QED) is 0.429. The number of hydrogen-bond donors (Lipinski definition) is 1. The molecule has 0 aliphatic heterocycles. The van der Waals surface area contributed by atoms with E-state index in [1.54, 1.807) is 10.8 Å². The second-order valence-electron chi connectivity index (χ2n) is 5.33. The van der Waals surface area contributed by atoms with Crippen LogP contribution in [-0.2, 0) is 11.3 Å². The summed E-state index contributed by atoms with van der Waals surface area (Å²) in [6, 6.07) is 22.7. The number of nitrogens with one attached hydrogen (secondary N) is 1. The van der Waals surface area contributed by atoms with Gasteiger partial charge in [-0.25, -0.2) is 5.43 Å². The predicted molar refractivity (Wildman–Crippen MR) is 95.3 cm³/mol. The second-order valence-corrected chi connectivity index (χ2v) is 5.33. The number of ether oxygens (including phenoxy) is 1. The maximum Gasteiger partial charge on any atom is 0.305 e. The van der Waals surface area contributed by atoms with Gasteiger partial charge in [0.25, 0.3) is 0 Å². The molecule has 1 heterocycles. The molecule has 1 N–H and O–H groups in total. The Labute approximate surface area is 146 Å². The lowest BCUT2D eigenvalue weighted by Gasteiger charge is -2.05. The summed E-state index contributed by atoms with van der Waals surface area (Å²) in [6.45, 7) is 0.218. The number of aromatic nitrogens is 1. The summed E-state index contributed by atoms with van der Waals surface area (Å²) in [5.41, 5.74) is 3.35. The van der Waals surface area contributed by atoms with E-state index in [0.717, 1.165) is 11.3 Å². The van der Waals surface area contributed by atoms with Crippen LogP contribution < -0.4 is 14.7 Å². The third kappa shape index (κ3) is 5.28. The number of carbonyl (C=O) groups excluding carboxylic acids is 1. The van der Waals surface area contributed by atoms with Gasteiger partial charge in [0.1, 0.15) is 11.5 Å². The zero-order valence-electron chi connectivity index (χ0n) is 13.6. The van der Waals surface area contributed by atoms with E-state index in [4.69, 9.17) is 4.74 Å². The average molecular weight is 332 g/mol. The number of amides is 1. The summed E-state index contributed by atoms with van der Waals surface area (Å²) in [7, 11) is 0. The van der Waals surface area contributed by atoms with Gasteiger partial charge in [0.2, 0.25) is 6.54 Å². The molecule has 2 aromatic carbocycles. The van der Waals surface area contributed by atoms with E-state index >= 15 is 0 Å². The van der Waals surface area contributed by atoms with Gasteiger partial charge in [0.15, 0.2) is 12.4 Å². The molecule has 3 rings (SSSR count). The minimum Gasteiger partial charge on any atom is -0.457 e. The smallest absolute Gasteiger partial charge is 0.305 e. The van der Waals surface area contributed by atoms with Gasteiger partial charge in [0.05, 0.1) is 6.21 Å². The molecule has 0 aliphatic carbocycles. The van der Waals surface area contributed by atoms with Crippen LogP contribution in [-0.4, -0.2) is 12.1 Å². The summed E-state index contributed by atoms with van der Waals surface area (Å²) in [5.74, 6) is 1.29. The van der Waals surface area contributed by atoms with Gasteiger partial charge in [0, 0.05) is 12.1 Å². The number of nitrogens with zero attached hydrogens (tertiary/aromatic N) is 2. The first-order valence-corrected chi connectivity index (χ1v) is 7.88. The summed E-state index contributed by atoms with van der Waals surface area (Å²) < 4.78 is 7.55. The van der Waals surface area contributed by atoms with E-state index in [1.165, 1.54) is 0 Å². The summed E-state index contributed by atoms with van der Waals surface area (Å²) >= 11 is 0. The molecule has 5 heteroatoms. The van der Waals surface area contributed by atoms with Gasteiger partial charge in [-0.3, -0.25) is 4.79 Å². The van der Waals surface area contributed by atoms with Crippen molar-refractivity contribution < 1.29 is 14.1 Å². The van der Waals surface area contributed by atoms with Crippen molar-refractivity contribution >= 4 is 12.1 Å². The first kappa shape index (κ1) is 16.4. The molecule has 0 atom stereocenters. The van der Waals surface area contributed by atoms with Crippen LogP contribution in [0.5, 0.6) is 11.5 Å². The Balaban J connectivity index is 1.56. The molecule has 0 fully saturated rings. The number of benzene rings is 2. The normalized spacial score (nSPS) is 10.6. The zero-order valence-corrected chi connectivity index (χ0v) is 13.6. The molecule has 5 nitrogen and oxygen atoms in total. The van der Waals surface area contributed by atoms with Crippen LogP contribution in [0.1, 0.15) is 5.56 Å². The fourth-order valence-electron chi connectivity index (χ4n) is 2.20. The van der Waals surface area contributed by atoms with Crippen molar-refractivity contribution in [1.82, 2.24) is 5.43 Å². The molecule has 0 saturated heterocycles. The lowest BCUT2D eigenvalue weighted by atomic mass is 10.2. The molecule has 25 heavy (non-hydrogen) atoms. The Hall–Kier alpha value is -3.47. The Morgan fingerprint density at radius 2 is 1.68 bits per heavy atom. The molecule has 0 spiro atoms. The van der Waals surface area contributed by atoms with Gasteiger partial charge in [-0.1, -0.05) is 36.4 Å². The number of rotatable bonds is 6. The van der Waals surface area contributed by atoms with Gasteiger partial charge in [-0.05, 0) is 29.8 Å². The lowest BCUT2D eigenvalue weighted by molar-refractivity contribution is -0.684. The Bertz CT molecular complexity index is 849. The van der Waals surface area contributed by atoms with Crippen LogP contribution >= 0.6 is 0 Å². The Morgan fingerprint density at radius 3 is 2.48 bits per heavy atom. The molecule has 0 bridgehead atoms. The SMILES string of the molecule is O=C(C[n+]1ccccc1)N/N=C/c1cccc(Oc2ccccc2)c1. The minimum absolute atomic E-state index is 0.191. The van der Waals surface area contributed by atoms with Crippen molar-refractivity contribution in [3.8, 4) is 11.5 Å². The third-order valence-corrected chi connectivity index (χ3v) is 3.34. The second kappa shape index (κ2) is 8.40.